The number of H-pyrrole nitrogens is 1. The molecular formula is C22H25N3O. The third-order valence-corrected chi connectivity index (χ3v) is 7.57. The molecule has 3 aliphatic carbocycles. The Bertz CT molecular complexity index is 876. The first-order valence-corrected chi connectivity index (χ1v) is 10.2. The van der Waals surface area contributed by atoms with E-state index < -0.39 is 0 Å². The number of rotatable bonds is 2. The van der Waals surface area contributed by atoms with Crippen LogP contribution in [-0.4, -0.2) is 33.9 Å². The molecule has 4 nitrogen and oxygen atoms in total. The lowest BCUT2D eigenvalue weighted by Gasteiger charge is -2.35. The van der Waals surface area contributed by atoms with Crippen molar-refractivity contribution in [1.29, 1.82) is 0 Å². The van der Waals surface area contributed by atoms with Crippen LogP contribution in [0.25, 0.3) is 11.0 Å². The van der Waals surface area contributed by atoms with Gasteiger partial charge < -0.3 is 9.88 Å². The van der Waals surface area contributed by atoms with Crippen LogP contribution in [0.2, 0.25) is 0 Å². The van der Waals surface area contributed by atoms with E-state index in [9.17, 15) is 4.79 Å². The second kappa shape index (κ2) is 5.21. The summed E-state index contributed by atoms with van der Waals surface area (Å²) in [7, 11) is 0. The van der Waals surface area contributed by atoms with E-state index in [-0.39, 0.29) is 5.92 Å². The van der Waals surface area contributed by atoms with Gasteiger partial charge in [-0.1, -0.05) is 24.3 Å². The summed E-state index contributed by atoms with van der Waals surface area (Å²) < 4.78 is 0. The van der Waals surface area contributed by atoms with Gasteiger partial charge in [-0.15, -0.1) is 0 Å². The summed E-state index contributed by atoms with van der Waals surface area (Å²) in [6.45, 7) is 1.74. The Labute approximate surface area is 153 Å². The zero-order valence-electron chi connectivity index (χ0n) is 15.0. The zero-order chi connectivity index (χ0) is 17.3. The third-order valence-electron chi connectivity index (χ3n) is 7.57. The summed E-state index contributed by atoms with van der Waals surface area (Å²) in [5, 5.41) is 0. The highest BCUT2D eigenvalue weighted by atomic mass is 16.2. The van der Waals surface area contributed by atoms with Crippen LogP contribution in [0.3, 0.4) is 0 Å². The number of aromatic nitrogens is 2. The molecule has 2 bridgehead atoms. The second-order valence-corrected chi connectivity index (χ2v) is 8.86. The molecule has 2 saturated carbocycles. The number of amides is 1. The number of hydrogen-bond acceptors (Lipinski definition) is 2. The molecule has 1 spiro atoms. The molecule has 3 fully saturated rings. The van der Waals surface area contributed by atoms with Crippen molar-refractivity contribution >= 4 is 16.9 Å². The van der Waals surface area contributed by atoms with Crippen molar-refractivity contribution in [3.05, 3.63) is 42.2 Å². The lowest BCUT2D eigenvalue weighted by molar-refractivity contribution is -0.137. The van der Waals surface area contributed by atoms with E-state index in [1.807, 2.05) is 12.1 Å². The molecule has 1 saturated heterocycles. The highest BCUT2D eigenvalue weighted by Gasteiger charge is 2.64. The molecular weight excluding hydrogens is 322 g/mol. The highest BCUT2D eigenvalue weighted by molar-refractivity contribution is 5.81. The number of allylic oxidation sites excluding steroid dienone is 2. The van der Waals surface area contributed by atoms with Gasteiger partial charge in [0, 0.05) is 24.9 Å². The van der Waals surface area contributed by atoms with Crippen LogP contribution in [0.4, 0.5) is 0 Å². The van der Waals surface area contributed by atoms with Crippen molar-refractivity contribution in [2.75, 3.05) is 13.1 Å². The summed E-state index contributed by atoms with van der Waals surface area (Å²) in [5.41, 5.74) is 2.62. The van der Waals surface area contributed by atoms with Crippen molar-refractivity contribution in [1.82, 2.24) is 14.9 Å². The van der Waals surface area contributed by atoms with Crippen molar-refractivity contribution in [3.63, 3.8) is 0 Å². The van der Waals surface area contributed by atoms with Crippen LogP contribution < -0.4 is 0 Å². The monoisotopic (exact) mass is 347 g/mol. The highest BCUT2D eigenvalue weighted by Crippen LogP contribution is 2.70. The van der Waals surface area contributed by atoms with Gasteiger partial charge in [-0.05, 0) is 61.5 Å². The Morgan fingerprint density at radius 3 is 2.92 bits per heavy atom. The quantitative estimate of drug-likeness (QED) is 0.839. The molecule has 26 heavy (non-hydrogen) atoms. The topological polar surface area (TPSA) is 49.0 Å². The Balaban J connectivity index is 1.22. The fourth-order valence-corrected chi connectivity index (χ4v) is 6.06. The fourth-order valence-electron chi connectivity index (χ4n) is 6.06. The number of para-hydroxylation sites is 2. The van der Waals surface area contributed by atoms with Crippen molar-refractivity contribution < 1.29 is 4.79 Å². The average molecular weight is 347 g/mol. The van der Waals surface area contributed by atoms with Crippen LogP contribution >= 0.6 is 0 Å². The molecule has 4 atom stereocenters. The van der Waals surface area contributed by atoms with E-state index in [1.54, 1.807) is 0 Å². The minimum Gasteiger partial charge on any atom is -0.342 e. The summed E-state index contributed by atoms with van der Waals surface area (Å²) in [4.78, 5) is 23.7. The minimum absolute atomic E-state index is 0.238. The van der Waals surface area contributed by atoms with Gasteiger partial charge in [0.15, 0.2) is 0 Å². The second-order valence-electron chi connectivity index (χ2n) is 8.86. The maximum atomic E-state index is 13.3. The van der Waals surface area contributed by atoms with Crippen molar-refractivity contribution in [2.45, 2.75) is 38.0 Å². The van der Waals surface area contributed by atoms with Gasteiger partial charge in [0.25, 0.3) is 0 Å². The number of likely N-dealkylation sites (tertiary alicyclic amines) is 1. The molecule has 6 rings (SSSR count). The van der Waals surface area contributed by atoms with Gasteiger partial charge in [0.05, 0.1) is 11.0 Å². The molecule has 2 heterocycles. The number of benzene rings is 1. The van der Waals surface area contributed by atoms with E-state index in [1.165, 1.54) is 12.8 Å². The summed E-state index contributed by atoms with van der Waals surface area (Å²) >= 11 is 0. The third kappa shape index (κ3) is 2.02. The summed E-state index contributed by atoms with van der Waals surface area (Å²) in [5.74, 6) is 3.24. The average Bonchev–Trinajstić information content (AvgIpc) is 3.13. The van der Waals surface area contributed by atoms with Gasteiger partial charge in [-0.3, -0.25) is 4.79 Å². The number of aromatic amines is 1. The van der Waals surface area contributed by atoms with E-state index in [0.717, 1.165) is 49.2 Å². The normalized spacial score (nSPS) is 34.1. The fraction of sp³-hybridized carbons (Fsp3) is 0.545. The number of hydrogen-bond donors (Lipinski definition) is 1. The summed E-state index contributed by atoms with van der Waals surface area (Å²) in [6, 6.07) is 8.20. The Kier molecular flexibility index (Phi) is 3.01. The van der Waals surface area contributed by atoms with E-state index in [0.29, 0.717) is 29.1 Å². The van der Waals surface area contributed by atoms with E-state index >= 15 is 0 Å². The minimum atomic E-state index is 0.238. The standard InChI is InChI=1S/C22H25N3O/c26-21(16-12-15-7-8-17(16)22(15)9-10-22)25-11-3-4-14(13-25)20-23-18-5-1-2-6-19(18)24-20/h1-2,5-8,14-17H,3-4,9-13H2,(H,23,24)/t14-,15+,16-,17+/m0/s1. The van der Waals surface area contributed by atoms with E-state index in [2.05, 4.69) is 34.2 Å². The Morgan fingerprint density at radius 2 is 2.12 bits per heavy atom. The molecule has 1 amide bonds. The van der Waals surface area contributed by atoms with Gasteiger partial charge in [-0.25, -0.2) is 4.98 Å². The molecule has 4 aliphatic rings. The molecule has 134 valence electrons. The first kappa shape index (κ1) is 15.0. The number of carbonyl (C=O) groups excluding carboxylic acids is 1. The predicted octanol–water partition coefficient (Wildman–Crippen LogP) is 3.87. The number of piperidine rings is 1. The first-order chi connectivity index (χ1) is 12.7. The molecule has 4 heteroatoms. The SMILES string of the molecule is O=C([C@H]1C[C@H]2C=C[C@H]1C21CC1)N1CCC[C@H](c2nc3ccccc3[nH]2)C1. The Morgan fingerprint density at radius 1 is 1.23 bits per heavy atom. The van der Waals surface area contributed by atoms with Crippen LogP contribution in [0.1, 0.15) is 43.8 Å². The van der Waals surface area contributed by atoms with Crippen molar-refractivity contribution in [2.24, 2.45) is 23.2 Å². The van der Waals surface area contributed by atoms with Crippen LogP contribution in [0.5, 0.6) is 0 Å². The maximum Gasteiger partial charge on any atom is 0.226 e. The number of imidazole rings is 1. The van der Waals surface area contributed by atoms with Crippen LogP contribution in [-0.2, 0) is 4.79 Å². The van der Waals surface area contributed by atoms with Gasteiger partial charge in [-0.2, -0.15) is 0 Å². The van der Waals surface area contributed by atoms with Crippen molar-refractivity contribution in [3.8, 4) is 0 Å². The number of carbonyl (C=O) groups is 1. The smallest absolute Gasteiger partial charge is 0.226 e. The molecule has 1 aliphatic heterocycles. The molecule has 1 N–H and O–H groups in total. The molecule has 0 unspecified atom stereocenters. The zero-order valence-corrected chi connectivity index (χ0v) is 15.0. The van der Waals surface area contributed by atoms with Gasteiger partial charge in [0.2, 0.25) is 5.91 Å². The lowest BCUT2D eigenvalue weighted by Crippen LogP contribution is -2.43. The number of fused-ring (bicyclic) bond motifs is 1. The van der Waals surface area contributed by atoms with Crippen LogP contribution in [0, 0.1) is 23.2 Å². The molecule has 2 aromatic rings. The van der Waals surface area contributed by atoms with E-state index in [4.69, 9.17) is 4.98 Å². The predicted molar refractivity (Wildman–Crippen MR) is 101 cm³/mol. The van der Waals surface area contributed by atoms with Gasteiger partial charge in [0.1, 0.15) is 5.82 Å². The first-order valence-electron chi connectivity index (χ1n) is 10.2. The maximum absolute atomic E-state index is 13.3. The number of nitrogens with one attached hydrogen (secondary N) is 1. The molecule has 1 aromatic carbocycles. The number of nitrogens with zero attached hydrogens (tertiary/aromatic N) is 2. The lowest BCUT2D eigenvalue weighted by atomic mass is 9.87. The molecule has 0 radical (unpaired) electrons. The molecule has 1 aromatic heterocycles. The largest absolute Gasteiger partial charge is 0.342 e. The van der Waals surface area contributed by atoms with Crippen LogP contribution in [0.15, 0.2) is 36.4 Å². The Hall–Kier alpha value is -2.10. The summed E-state index contributed by atoms with van der Waals surface area (Å²) in [6.07, 6.45) is 10.7. The van der Waals surface area contributed by atoms with Gasteiger partial charge >= 0.3 is 0 Å².